The lowest BCUT2D eigenvalue weighted by molar-refractivity contribution is -0.146. The highest BCUT2D eigenvalue weighted by molar-refractivity contribution is 8.00. The van der Waals surface area contributed by atoms with Crippen LogP contribution in [0.3, 0.4) is 0 Å². The largest absolute Gasteiger partial charge is 0.490 e. The number of halogens is 3. The summed E-state index contributed by atoms with van der Waals surface area (Å²) in [5.74, 6) is 0.851. The van der Waals surface area contributed by atoms with Crippen molar-refractivity contribution in [3.63, 3.8) is 0 Å². The van der Waals surface area contributed by atoms with E-state index in [1.165, 1.54) is 11.5 Å². The Morgan fingerprint density at radius 2 is 1.84 bits per heavy atom. The molecule has 8 rings (SSSR count). The molecule has 1 aromatic carbocycles. The number of carbonyl (C=O) groups is 2. The summed E-state index contributed by atoms with van der Waals surface area (Å²) in [6.45, 7) is 4.55. The third kappa shape index (κ3) is 6.03. The van der Waals surface area contributed by atoms with Crippen LogP contribution >= 0.6 is 11.8 Å². The smallest absolute Gasteiger partial charge is 0.434 e. The van der Waals surface area contributed by atoms with Gasteiger partial charge in [0.25, 0.3) is 5.91 Å². The van der Waals surface area contributed by atoms with E-state index in [-0.39, 0.29) is 41.6 Å². The lowest BCUT2D eigenvalue weighted by Gasteiger charge is -2.41. The summed E-state index contributed by atoms with van der Waals surface area (Å²) < 4.78 is 50.6. The van der Waals surface area contributed by atoms with Crippen molar-refractivity contribution in [2.75, 3.05) is 36.0 Å². The number of likely N-dealkylation sites (tertiary alicyclic amines) is 1. The number of alkyl halides is 3. The molecule has 1 aromatic heterocycles. The number of thioether (sulfide) groups is 1. The Morgan fingerprint density at radius 3 is 2.52 bits per heavy atom. The summed E-state index contributed by atoms with van der Waals surface area (Å²) in [5, 5.41) is 12.9. The average molecular weight is 714 g/mol. The Labute approximate surface area is 295 Å². The SMILES string of the molecule is CC1CC2CC(C1)C(NC(=O)c1cnc(N3CC4(CCCCC4)c4cc(OC5CCN(C6CSC6)CC5)ccc43)nc1C(F)(F)F)(C(=O)O)C2. The zero-order chi connectivity index (χ0) is 34.8. The van der Waals surface area contributed by atoms with Crippen LogP contribution < -0.4 is 15.0 Å². The summed E-state index contributed by atoms with van der Waals surface area (Å²) in [4.78, 5) is 39.0. The molecule has 0 radical (unpaired) electrons. The van der Waals surface area contributed by atoms with E-state index in [0.717, 1.165) is 87.7 Å². The first kappa shape index (κ1) is 34.0. The number of carbonyl (C=O) groups excluding carboxylic acids is 1. The zero-order valence-corrected chi connectivity index (χ0v) is 29.3. The predicted octanol–water partition coefficient (Wildman–Crippen LogP) is 6.82. The quantitative estimate of drug-likeness (QED) is 0.320. The molecule has 2 aromatic rings. The van der Waals surface area contributed by atoms with Crippen LogP contribution in [0.25, 0.3) is 0 Å². The molecule has 4 heterocycles. The van der Waals surface area contributed by atoms with E-state index < -0.39 is 34.8 Å². The van der Waals surface area contributed by atoms with E-state index in [4.69, 9.17) is 4.74 Å². The molecule has 9 nitrogen and oxygen atoms in total. The van der Waals surface area contributed by atoms with Gasteiger partial charge in [0, 0.05) is 54.5 Å². The first-order chi connectivity index (χ1) is 23.9. The Balaban J connectivity index is 1.07. The van der Waals surface area contributed by atoms with E-state index in [1.54, 1.807) is 4.90 Å². The monoisotopic (exact) mass is 713 g/mol. The van der Waals surface area contributed by atoms with Crippen LogP contribution in [0.4, 0.5) is 24.8 Å². The van der Waals surface area contributed by atoms with Gasteiger partial charge in [0.1, 0.15) is 17.4 Å². The number of amides is 1. The number of hydrogen-bond donors (Lipinski definition) is 2. The van der Waals surface area contributed by atoms with Gasteiger partial charge in [0.05, 0.1) is 5.56 Å². The number of carboxylic acid groups (broad SMARTS) is 1. The average Bonchev–Trinajstić information content (AvgIpc) is 3.50. The number of hydrogen-bond acceptors (Lipinski definition) is 8. The first-order valence-electron chi connectivity index (χ1n) is 18.3. The Morgan fingerprint density at radius 1 is 1.08 bits per heavy atom. The van der Waals surface area contributed by atoms with Crippen LogP contribution in [0.5, 0.6) is 5.75 Å². The molecule has 2 N–H and O–H groups in total. The number of benzene rings is 1. The van der Waals surface area contributed by atoms with E-state index >= 15 is 0 Å². The number of aromatic nitrogens is 2. The van der Waals surface area contributed by atoms with Crippen molar-refractivity contribution in [3.8, 4) is 5.75 Å². The summed E-state index contributed by atoms with van der Waals surface area (Å²) in [7, 11) is 0. The number of rotatable bonds is 7. The second kappa shape index (κ2) is 12.9. The van der Waals surface area contributed by atoms with Gasteiger partial charge in [-0.2, -0.15) is 24.9 Å². The third-order valence-electron chi connectivity index (χ3n) is 12.6. The van der Waals surface area contributed by atoms with Gasteiger partial charge in [-0.15, -0.1) is 0 Å². The molecule has 2 saturated heterocycles. The second-order valence-corrected chi connectivity index (χ2v) is 17.0. The van der Waals surface area contributed by atoms with Gasteiger partial charge < -0.3 is 20.1 Å². The minimum absolute atomic E-state index is 0.110. The minimum Gasteiger partial charge on any atom is -0.490 e. The van der Waals surface area contributed by atoms with Crippen LogP contribution in [0.1, 0.15) is 99.2 Å². The van der Waals surface area contributed by atoms with Crippen LogP contribution in [0.15, 0.2) is 24.4 Å². The van der Waals surface area contributed by atoms with Crippen molar-refractivity contribution in [1.29, 1.82) is 0 Å². The van der Waals surface area contributed by atoms with Crippen molar-refractivity contribution >= 4 is 35.3 Å². The summed E-state index contributed by atoms with van der Waals surface area (Å²) in [6.07, 6.45) is 5.30. The summed E-state index contributed by atoms with van der Waals surface area (Å²) >= 11 is 2.00. The maximum atomic E-state index is 14.7. The lowest BCUT2D eigenvalue weighted by atomic mass is 9.71. The molecule has 3 aliphatic heterocycles. The molecule has 2 bridgehead atoms. The number of nitrogens with one attached hydrogen (secondary N) is 1. The van der Waals surface area contributed by atoms with Gasteiger partial charge in [-0.1, -0.05) is 26.2 Å². The highest BCUT2D eigenvalue weighted by Crippen LogP contribution is 2.53. The molecule has 50 heavy (non-hydrogen) atoms. The molecule has 13 heteroatoms. The minimum atomic E-state index is -4.96. The van der Waals surface area contributed by atoms with E-state index in [9.17, 15) is 27.9 Å². The Hall–Kier alpha value is -3.06. The summed E-state index contributed by atoms with van der Waals surface area (Å²) in [6, 6.07) is 6.60. The molecule has 1 amide bonds. The van der Waals surface area contributed by atoms with Gasteiger partial charge >= 0.3 is 12.1 Å². The number of piperidine rings is 1. The van der Waals surface area contributed by atoms with Gasteiger partial charge in [-0.05, 0) is 92.9 Å². The number of anilines is 2. The number of aliphatic carboxylic acids is 1. The fourth-order valence-corrected chi connectivity index (χ4v) is 11.0. The predicted molar refractivity (Wildman–Crippen MR) is 184 cm³/mol. The van der Waals surface area contributed by atoms with Gasteiger partial charge in [-0.3, -0.25) is 9.69 Å². The summed E-state index contributed by atoms with van der Waals surface area (Å²) in [5.41, 5.74) is -2.16. The van der Waals surface area contributed by atoms with Crippen molar-refractivity contribution in [2.24, 2.45) is 17.8 Å². The number of nitrogens with zero attached hydrogens (tertiary/aromatic N) is 4. The van der Waals surface area contributed by atoms with Crippen LogP contribution in [0.2, 0.25) is 0 Å². The molecule has 1 spiro atoms. The lowest BCUT2D eigenvalue weighted by Crippen LogP contribution is -2.57. The number of ether oxygens (including phenoxy) is 1. The second-order valence-electron chi connectivity index (χ2n) is 15.9. The molecule has 3 aliphatic carbocycles. The molecule has 4 atom stereocenters. The molecule has 4 unspecified atom stereocenters. The molecule has 5 fully saturated rings. The van der Waals surface area contributed by atoms with Gasteiger partial charge in [-0.25, -0.2) is 14.8 Å². The van der Waals surface area contributed by atoms with Crippen LogP contribution in [-0.2, 0) is 16.4 Å². The normalized spacial score (nSPS) is 29.8. The maximum Gasteiger partial charge on any atom is 0.434 e. The Bertz CT molecular complexity index is 1640. The van der Waals surface area contributed by atoms with E-state index in [2.05, 4.69) is 26.3 Å². The molecule has 6 aliphatic rings. The standard InChI is InChI=1S/C37H46F3N5O4S/c1-22-13-23-15-24(14-22)36(17-23,33(47)48)43-32(46)28-18-41-34(42-31(28)37(38,39)40)45-21-35(9-3-2-4-10-35)29-16-27(5-6-30(29)45)49-26-7-11-44(12-8-26)25-19-50-20-25/h5-6,16,18,22-26H,2-4,7-15,17,19-21H2,1H3,(H,43,46)(H,47,48). The van der Waals surface area contributed by atoms with Crippen molar-refractivity contribution in [2.45, 2.75) is 107 Å². The topological polar surface area (TPSA) is 108 Å². The van der Waals surface area contributed by atoms with Crippen LogP contribution in [-0.4, -0.2) is 80.7 Å². The fourth-order valence-electron chi connectivity index (χ4n) is 10.1. The third-order valence-corrected chi connectivity index (χ3v) is 13.9. The zero-order valence-electron chi connectivity index (χ0n) is 28.5. The van der Waals surface area contributed by atoms with E-state index in [0.29, 0.717) is 25.4 Å². The molecular weight excluding hydrogens is 667 g/mol. The number of carboxylic acids is 1. The highest BCUT2D eigenvalue weighted by Gasteiger charge is 2.57. The Kier molecular flexibility index (Phi) is 8.76. The van der Waals surface area contributed by atoms with Crippen molar-refractivity contribution in [1.82, 2.24) is 20.2 Å². The number of fused-ring (bicyclic) bond motifs is 4. The van der Waals surface area contributed by atoms with Crippen molar-refractivity contribution in [3.05, 3.63) is 41.2 Å². The molecule has 3 saturated carbocycles. The van der Waals surface area contributed by atoms with Gasteiger partial charge in [0.15, 0.2) is 5.69 Å². The van der Waals surface area contributed by atoms with Crippen molar-refractivity contribution < 1.29 is 32.6 Å². The maximum absolute atomic E-state index is 14.7. The van der Waals surface area contributed by atoms with E-state index in [1.807, 2.05) is 30.8 Å². The first-order valence-corrected chi connectivity index (χ1v) is 19.5. The van der Waals surface area contributed by atoms with Crippen LogP contribution in [0, 0.1) is 17.8 Å². The molecule has 270 valence electrons. The van der Waals surface area contributed by atoms with Gasteiger partial charge in [0.2, 0.25) is 5.95 Å². The molecular formula is C37H46F3N5O4S. The fraction of sp³-hybridized carbons (Fsp3) is 0.676. The highest BCUT2D eigenvalue weighted by atomic mass is 32.2.